The van der Waals surface area contributed by atoms with Crippen LogP contribution in [0.2, 0.25) is 0 Å². The number of hydrogen-bond acceptors (Lipinski definition) is 2. The van der Waals surface area contributed by atoms with Crippen LogP contribution < -0.4 is 5.32 Å². The van der Waals surface area contributed by atoms with Gasteiger partial charge in [-0.1, -0.05) is 26.7 Å². The molecule has 0 aromatic carbocycles. The Labute approximate surface area is 125 Å². The molecule has 0 aromatic heterocycles. The summed E-state index contributed by atoms with van der Waals surface area (Å²) in [6, 6.07) is 2.60. The molecule has 0 radical (unpaired) electrons. The molecular weight excluding hydrogens is 244 g/mol. The van der Waals surface area contributed by atoms with Gasteiger partial charge in [-0.05, 0) is 63.3 Å². The summed E-state index contributed by atoms with van der Waals surface area (Å²) < 4.78 is 0. The summed E-state index contributed by atoms with van der Waals surface area (Å²) in [4.78, 5) is 2.92. The van der Waals surface area contributed by atoms with Gasteiger partial charge in [0.05, 0.1) is 0 Å². The SMILES string of the molecule is CC1(C)CCCC(N(CC2CCCCN2)C2CC2)CC1. The molecule has 3 rings (SSSR count). The Balaban J connectivity index is 1.58. The Bertz CT molecular complexity index is 303. The van der Waals surface area contributed by atoms with Crippen molar-refractivity contribution < 1.29 is 0 Å². The van der Waals surface area contributed by atoms with Crippen molar-refractivity contribution >= 4 is 0 Å². The van der Waals surface area contributed by atoms with Crippen LogP contribution in [0.25, 0.3) is 0 Å². The molecule has 1 N–H and O–H groups in total. The first-order chi connectivity index (χ1) is 9.64. The zero-order valence-electron chi connectivity index (χ0n) is 13.7. The first-order valence-electron chi connectivity index (χ1n) is 9.13. The molecule has 1 saturated heterocycles. The highest BCUT2D eigenvalue weighted by Gasteiger charge is 2.37. The second-order valence-electron chi connectivity index (χ2n) is 8.32. The molecule has 3 aliphatic rings. The number of piperidine rings is 1. The van der Waals surface area contributed by atoms with Crippen LogP contribution in [0.3, 0.4) is 0 Å². The second-order valence-corrected chi connectivity index (χ2v) is 8.32. The molecule has 3 fully saturated rings. The van der Waals surface area contributed by atoms with Crippen LogP contribution in [0.15, 0.2) is 0 Å². The first kappa shape index (κ1) is 14.8. The Kier molecular flexibility index (Phi) is 4.72. The van der Waals surface area contributed by atoms with Crippen LogP contribution in [-0.4, -0.2) is 36.1 Å². The van der Waals surface area contributed by atoms with Crippen molar-refractivity contribution in [3.8, 4) is 0 Å². The maximum Gasteiger partial charge on any atom is 0.0195 e. The Morgan fingerprint density at radius 2 is 1.70 bits per heavy atom. The van der Waals surface area contributed by atoms with Gasteiger partial charge in [-0.15, -0.1) is 0 Å². The average molecular weight is 278 g/mol. The van der Waals surface area contributed by atoms with Gasteiger partial charge in [0, 0.05) is 24.7 Å². The van der Waals surface area contributed by atoms with Crippen LogP contribution in [0.4, 0.5) is 0 Å². The summed E-state index contributed by atoms with van der Waals surface area (Å²) >= 11 is 0. The van der Waals surface area contributed by atoms with E-state index < -0.39 is 0 Å². The summed E-state index contributed by atoms with van der Waals surface area (Å²) in [5, 5.41) is 3.76. The third kappa shape index (κ3) is 3.98. The summed E-state index contributed by atoms with van der Waals surface area (Å²) in [5.41, 5.74) is 0.590. The maximum atomic E-state index is 3.76. The van der Waals surface area contributed by atoms with E-state index in [0.29, 0.717) is 5.41 Å². The summed E-state index contributed by atoms with van der Waals surface area (Å²) in [6.45, 7) is 7.52. The monoisotopic (exact) mass is 278 g/mol. The minimum Gasteiger partial charge on any atom is -0.313 e. The number of rotatable bonds is 4. The van der Waals surface area contributed by atoms with Gasteiger partial charge in [0.25, 0.3) is 0 Å². The van der Waals surface area contributed by atoms with E-state index in [1.165, 1.54) is 77.3 Å². The fraction of sp³-hybridized carbons (Fsp3) is 1.00. The quantitative estimate of drug-likeness (QED) is 0.783. The molecule has 2 nitrogen and oxygen atoms in total. The molecule has 2 saturated carbocycles. The lowest BCUT2D eigenvalue weighted by Crippen LogP contribution is -2.48. The summed E-state index contributed by atoms with van der Waals surface area (Å²) in [7, 11) is 0. The van der Waals surface area contributed by atoms with Gasteiger partial charge >= 0.3 is 0 Å². The highest BCUT2D eigenvalue weighted by Crippen LogP contribution is 2.38. The fourth-order valence-electron chi connectivity index (χ4n) is 4.31. The fourth-order valence-corrected chi connectivity index (χ4v) is 4.31. The van der Waals surface area contributed by atoms with E-state index in [-0.39, 0.29) is 0 Å². The van der Waals surface area contributed by atoms with E-state index in [4.69, 9.17) is 0 Å². The molecule has 0 aromatic rings. The van der Waals surface area contributed by atoms with E-state index in [1.807, 2.05) is 0 Å². The lowest BCUT2D eigenvalue weighted by Gasteiger charge is -2.36. The smallest absolute Gasteiger partial charge is 0.0195 e. The van der Waals surface area contributed by atoms with Gasteiger partial charge < -0.3 is 5.32 Å². The second kappa shape index (κ2) is 6.36. The Hall–Kier alpha value is -0.0800. The normalized spacial score (nSPS) is 35.0. The van der Waals surface area contributed by atoms with Crippen LogP contribution in [-0.2, 0) is 0 Å². The van der Waals surface area contributed by atoms with Crippen molar-refractivity contribution in [3.63, 3.8) is 0 Å². The van der Waals surface area contributed by atoms with Crippen LogP contribution >= 0.6 is 0 Å². The predicted molar refractivity (Wildman–Crippen MR) is 86.0 cm³/mol. The van der Waals surface area contributed by atoms with Crippen LogP contribution in [0, 0.1) is 5.41 Å². The summed E-state index contributed by atoms with van der Waals surface area (Å²) in [5.74, 6) is 0. The van der Waals surface area contributed by atoms with Crippen molar-refractivity contribution in [2.45, 2.75) is 96.2 Å². The van der Waals surface area contributed by atoms with Crippen LogP contribution in [0.5, 0.6) is 0 Å². The molecule has 1 aliphatic heterocycles. The summed E-state index contributed by atoms with van der Waals surface area (Å²) in [6.07, 6.45) is 14.4. The first-order valence-corrected chi connectivity index (χ1v) is 9.13. The van der Waals surface area contributed by atoms with Crippen LogP contribution in [0.1, 0.15) is 78.1 Å². The van der Waals surface area contributed by atoms with E-state index >= 15 is 0 Å². The van der Waals surface area contributed by atoms with Crippen molar-refractivity contribution in [1.29, 1.82) is 0 Å². The number of nitrogens with zero attached hydrogens (tertiary/aromatic N) is 1. The van der Waals surface area contributed by atoms with Gasteiger partial charge in [-0.25, -0.2) is 0 Å². The standard InChI is InChI=1S/C18H34N2/c1-18(2)11-5-7-16(10-12-18)20(17-8-9-17)14-15-6-3-4-13-19-15/h15-17,19H,3-14H2,1-2H3. The van der Waals surface area contributed by atoms with Gasteiger partial charge in [-0.3, -0.25) is 4.90 Å². The molecule has 0 bridgehead atoms. The zero-order valence-corrected chi connectivity index (χ0v) is 13.7. The van der Waals surface area contributed by atoms with E-state index in [0.717, 1.165) is 18.1 Å². The molecule has 0 amide bonds. The maximum absolute atomic E-state index is 3.76. The minimum absolute atomic E-state index is 0.590. The Morgan fingerprint density at radius 1 is 0.900 bits per heavy atom. The molecule has 2 unspecified atom stereocenters. The van der Waals surface area contributed by atoms with Gasteiger partial charge in [0.15, 0.2) is 0 Å². The van der Waals surface area contributed by atoms with E-state index in [1.54, 1.807) is 0 Å². The van der Waals surface area contributed by atoms with E-state index in [2.05, 4.69) is 24.1 Å². The third-order valence-electron chi connectivity index (χ3n) is 5.87. The predicted octanol–water partition coefficient (Wildman–Crippen LogP) is 3.95. The van der Waals surface area contributed by atoms with Gasteiger partial charge in [-0.2, -0.15) is 0 Å². The van der Waals surface area contributed by atoms with Crippen molar-refractivity contribution in [2.24, 2.45) is 5.41 Å². The number of hydrogen-bond donors (Lipinski definition) is 1. The van der Waals surface area contributed by atoms with Gasteiger partial charge in [0.1, 0.15) is 0 Å². The molecule has 1 heterocycles. The Morgan fingerprint density at radius 3 is 2.40 bits per heavy atom. The molecule has 0 spiro atoms. The van der Waals surface area contributed by atoms with Crippen molar-refractivity contribution in [2.75, 3.05) is 13.1 Å². The minimum atomic E-state index is 0.590. The zero-order chi connectivity index (χ0) is 14.0. The molecular formula is C18H34N2. The highest BCUT2D eigenvalue weighted by atomic mass is 15.2. The van der Waals surface area contributed by atoms with E-state index in [9.17, 15) is 0 Å². The lowest BCUT2D eigenvalue weighted by atomic mass is 9.85. The number of nitrogens with one attached hydrogen (secondary N) is 1. The largest absolute Gasteiger partial charge is 0.313 e. The van der Waals surface area contributed by atoms with Crippen molar-refractivity contribution in [3.05, 3.63) is 0 Å². The molecule has 2 aliphatic carbocycles. The average Bonchev–Trinajstić information content (AvgIpc) is 3.26. The van der Waals surface area contributed by atoms with Gasteiger partial charge in [0.2, 0.25) is 0 Å². The topological polar surface area (TPSA) is 15.3 Å². The molecule has 2 heteroatoms. The third-order valence-corrected chi connectivity index (χ3v) is 5.87. The highest BCUT2D eigenvalue weighted by molar-refractivity contribution is 4.93. The lowest BCUT2D eigenvalue weighted by molar-refractivity contribution is 0.140. The molecule has 2 atom stereocenters. The van der Waals surface area contributed by atoms with Crippen molar-refractivity contribution in [1.82, 2.24) is 10.2 Å². The molecule has 116 valence electrons. The molecule has 20 heavy (non-hydrogen) atoms.